The third kappa shape index (κ3) is 38.6. The van der Waals surface area contributed by atoms with E-state index < -0.39 is 24.2 Å². The number of aliphatic hydroxyl groups excluding tert-OH is 3. The highest BCUT2D eigenvalue weighted by atomic mass is 16.3. The van der Waals surface area contributed by atoms with Gasteiger partial charge in [-0.1, -0.05) is 217 Å². The SMILES string of the molecule is CCC/C=C/CC/C=C/CC/C=C/C(O)C(CO)NC(=O)C(O)CCCCCCCCCCCCCCC/C=C\CCCCCCCCCCCCCC. The highest BCUT2D eigenvalue weighted by Crippen LogP contribution is 2.15. The molecule has 316 valence electrons. The Labute approximate surface area is 336 Å². The number of carbonyl (C=O) groups is 1. The first-order chi connectivity index (χ1) is 26.6. The van der Waals surface area contributed by atoms with Crippen molar-refractivity contribution in [2.75, 3.05) is 6.61 Å². The van der Waals surface area contributed by atoms with Crippen LogP contribution in [0.1, 0.15) is 232 Å². The predicted octanol–water partition coefficient (Wildman–Crippen LogP) is 13.7. The van der Waals surface area contributed by atoms with Gasteiger partial charge in [0.15, 0.2) is 0 Å². The van der Waals surface area contributed by atoms with Crippen LogP contribution in [0.3, 0.4) is 0 Å². The summed E-state index contributed by atoms with van der Waals surface area (Å²) in [5.41, 5.74) is 0. The fourth-order valence-electron chi connectivity index (χ4n) is 6.93. The molecule has 0 rings (SSSR count). The van der Waals surface area contributed by atoms with Crippen LogP contribution in [0.4, 0.5) is 0 Å². The minimum Gasteiger partial charge on any atom is -0.394 e. The van der Waals surface area contributed by atoms with Gasteiger partial charge >= 0.3 is 0 Å². The summed E-state index contributed by atoms with van der Waals surface area (Å²) in [4.78, 5) is 12.4. The minimum absolute atomic E-state index is 0.382. The second-order valence-corrected chi connectivity index (χ2v) is 15.9. The number of aliphatic hydroxyl groups is 3. The minimum atomic E-state index is -1.11. The van der Waals surface area contributed by atoms with Gasteiger partial charge in [-0.2, -0.15) is 0 Å². The van der Waals surface area contributed by atoms with E-state index in [0.29, 0.717) is 6.42 Å². The van der Waals surface area contributed by atoms with Crippen molar-refractivity contribution in [2.45, 2.75) is 250 Å². The molecule has 0 aromatic rings. The summed E-state index contributed by atoms with van der Waals surface area (Å²) in [5.74, 6) is -0.519. The van der Waals surface area contributed by atoms with Crippen molar-refractivity contribution in [3.63, 3.8) is 0 Å². The smallest absolute Gasteiger partial charge is 0.249 e. The van der Waals surface area contributed by atoms with Gasteiger partial charge in [0.1, 0.15) is 6.10 Å². The quantitative estimate of drug-likeness (QED) is 0.0369. The molecule has 0 radical (unpaired) electrons. The Morgan fingerprint density at radius 2 is 0.796 bits per heavy atom. The molecule has 0 saturated carbocycles. The van der Waals surface area contributed by atoms with Crippen LogP contribution >= 0.6 is 0 Å². The van der Waals surface area contributed by atoms with Crippen molar-refractivity contribution in [3.8, 4) is 0 Å². The maximum absolute atomic E-state index is 12.4. The monoisotopic (exact) mass is 758 g/mol. The van der Waals surface area contributed by atoms with Crippen molar-refractivity contribution < 1.29 is 20.1 Å². The topological polar surface area (TPSA) is 89.8 Å². The fourth-order valence-corrected chi connectivity index (χ4v) is 6.93. The molecule has 54 heavy (non-hydrogen) atoms. The Morgan fingerprint density at radius 1 is 0.444 bits per heavy atom. The van der Waals surface area contributed by atoms with Gasteiger partial charge in [-0.3, -0.25) is 4.79 Å². The number of unbranched alkanes of at least 4 members (excludes halogenated alkanes) is 28. The van der Waals surface area contributed by atoms with Gasteiger partial charge in [0, 0.05) is 0 Å². The molecular formula is C49H91NO4. The molecule has 4 N–H and O–H groups in total. The normalized spacial score (nSPS) is 13.9. The molecule has 0 spiro atoms. The highest BCUT2D eigenvalue weighted by Gasteiger charge is 2.22. The Kier molecular flexibility index (Phi) is 42.7. The highest BCUT2D eigenvalue weighted by molar-refractivity contribution is 5.80. The Bertz CT molecular complexity index is 881. The third-order valence-electron chi connectivity index (χ3n) is 10.6. The molecule has 0 fully saturated rings. The predicted molar refractivity (Wildman–Crippen MR) is 236 cm³/mol. The zero-order valence-corrected chi connectivity index (χ0v) is 35.8. The number of allylic oxidation sites excluding steroid dienone is 7. The van der Waals surface area contributed by atoms with Gasteiger partial charge in [-0.15, -0.1) is 0 Å². The Morgan fingerprint density at radius 3 is 1.20 bits per heavy atom. The molecule has 0 bridgehead atoms. The van der Waals surface area contributed by atoms with E-state index in [-0.39, 0.29) is 6.61 Å². The van der Waals surface area contributed by atoms with Crippen molar-refractivity contribution in [1.29, 1.82) is 0 Å². The van der Waals surface area contributed by atoms with Crippen molar-refractivity contribution in [1.82, 2.24) is 5.32 Å². The second-order valence-electron chi connectivity index (χ2n) is 15.9. The van der Waals surface area contributed by atoms with Gasteiger partial charge in [-0.05, 0) is 64.2 Å². The third-order valence-corrected chi connectivity index (χ3v) is 10.6. The van der Waals surface area contributed by atoms with Gasteiger partial charge in [0.25, 0.3) is 0 Å². The zero-order valence-electron chi connectivity index (χ0n) is 35.8. The first-order valence-corrected chi connectivity index (χ1v) is 23.5. The van der Waals surface area contributed by atoms with E-state index in [2.05, 4.69) is 55.6 Å². The number of nitrogens with one attached hydrogen (secondary N) is 1. The molecular weight excluding hydrogens is 667 g/mol. The van der Waals surface area contributed by atoms with Crippen LogP contribution in [0.5, 0.6) is 0 Å². The lowest BCUT2D eigenvalue weighted by molar-refractivity contribution is -0.131. The van der Waals surface area contributed by atoms with Crippen LogP contribution < -0.4 is 5.32 Å². The molecule has 1 amide bonds. The van der Waals surface area contributed by atoms with Gasteiger partial charge in [0.05, 0.1) is 18.8 Å². The van der Waals surface area contributed by atoms with Crippen LogP contribution in [0.25, 0.3) is 0 Å². The fraction of sp³-hybridized carbons (Fsp3) is 0.816. The van der Waals surface area contributed by atoms with E-state index in [0.717, 1.165) is 51.4 Å². The number of amides is 1. The number of rotatable bonds is 42. The summed E-state index contributed by atoms with van der Waals surface area (Å²) in [7, 11) is 0. The van der Waals surface area contributed by atoms with E-state index in [4.69, 9.17) is 0 Å². The number of hydrogen-bond donors (Lipinski definition) is 4. The first-order valence-electron chi connectivity index (χ1n) is 23.5. The maximum atomic E-state index is 12.4. The van der Waals surface area contributed by atoms with E-state index in [1.165, 1.54) is 161 Å². The van der Waals surface area contributed by atoms with Gasteiger partial charge < -0.3 is 20.6 Å². The summed E-state index contributed by atoms with van der Waals surface area (Å²) in [6.07, 6.45) is 57.5. The largest absolute Gasteiger partial charge is 0.394 e. The average Bonchev–Trinajstić information content (AvgIpc) is 3.18. The first kappa shape index (κ1) is 52.3. The second kappa shape index (κ2) is 44.0. The zero-order chi connectivity index (χ0) is 39.4. The van der Waals surface area contributed by atoms with Crippen molar-refractivity contribution in [2.24, 2.45) is 0 Å². The molecule has 0 aliphatic rings. The van der Waals surface area contributed by atoms with Crippen LogP contribution in [0.2, 0.25) is 0 Å². The Balaban J connectivity index is 3.56. The molecule has 0 heterocycles. The molecule has 0 aromatic heterocycles. The lowest BCUT2D eigenvalue weighted by Gasteiger charge is -2.21. The van der Waals surface area contributed by atoms with Crippen LogP contribution in [-0.2, 0) is 4.79 Å². The molecule has 0 aliphatic heterocycles. The lowest BCUT2D eigenvalue weighted by Crippen LogP contribution is -2.48. The van der Waals surface area contributed by atoms with E-state index in [1.807, 2.05) is 6.08 Å². The molecule has 0 aromatic carbocycles. The van der Waals surface area contributed by atoms with E-state index >= 15 is 0 Å². The molecule has 3 unspecified atom stereocenters. The summed E-state index contributed by atoms with van der Waals surface area (Å²) in [6, 6.07) is -0.820. The van der Waals surface area contributed by atoms with Gasteiger partial charge in [0.2, 0.25) is 5.91 Å². The van der Waals surface area contributed by atoms with E-state index in [9.17, 15) is 20.1 Å². The van der Waals surface area contributed by atoms with Crippen LogP contribution in [-0.4, -0.2) is 46.1 Å². The average molecular weight is 758 g/mol. The number of hydrogen-bond acceptors (Lipinski definition) is 4. The molecule has 3 atom stereocenters. The van der Waals surface area contributed by atoms with Gasteiger partial charge in [-0.25, -0.2) is 0 Å². The van der Waals surface area contributed by atoms with E-state index in [1.54, 1.807) is 6.08 Å². The maximum Gasteiger partial charge on any atom is 0.249 e. The van der Waals surface area contributed by atoms with Crippen molar-refractivity contribution >= 4 is 5.91 Å². The summed E-state index contributed by atoms with van der Waals surface area (Å²) >= 11 is 0. The standard InChI is InChI=1S/C49H91NO4/c1-3-5-7-9-11-13-15-16-17-18-19-20-21-22-23-24-25-26-27-28-29-30-31-32-34-36-38-40-42-44-48(53)49(54)50-46(45-51)47(52)43-41-39-37-35-33-14-12-10-8-6-4-2/h8,10,22-23,33,35,41,43,46-48,51-53H,3-7,9,11-21,24-32,34,36-40,42,44-45H2,1-2H3,(H,50,54)/b10-8+,23-22-,35-33+,43-41+. The Hall–Kier alpha value is -1.69. The molecule has 5 heteroatoms. The van der Waals surface area contributed by atoms with Crippen LogP contribution in [0.15, 0.2) is 48.6 Å². The summed E-state index contributed by atoms with van der Waals surface area (Å²) in [5, 5.41) is 33.0. The van der Waals surface area contributed by atoms with Crippen molar-refractivity contribution in [3.05, 3.63) is 48.6 Å². The number of carbonyl (C=O) groups excluding carboxylic acids is 1. The summed E-state index contributed by atoms with van der Waals surface area (Å²) < 4.78 is 0. The van der Waals surface area contributed by atoms with Crippen LogP contribution in [0, 0.1) is 0 Å². The molecule has 0 saturated heterocycles. The lowest BCUT2D eigenvalue weighted by atomic mass is 10.0. The molecule has 0 aliphatic carbocycles. The molecule has 5 nitrogen and oxygen atoms in total. The summed E-state index contributed by atoms with van der Waals surface area (Å²) in [6.45, 7) is 4.09.